The van der Waals surface area contributed by atoms with Crippen molar-refractivity contribution in [2.24, 2.45) is 5.92 Å². The Morgan fingerprint density at radius 2 is 2.19 bits per heavy atom. The monoisotopic (exact) mass is 222 g/mol. The van der Waals surface area contributed by atoms with Gasteiger partial charge in [0.05, 0.1) is 18.2 Å². The van der Waals surface area contributed by atoms with Crippen LogP contribution in [0.1, 0.15) is 45.4 Å². The van der Waals surface area contributed by atoms with Crippen LogP contribution in [0.15, 0.2) is 0 Å². The number of aliphatic hydroxyl groups is 1. The van der Waals surface area contributed by atoms with Gasteiger partial charge in [-0.25, -0.2) is 0 Å². The molecule has 1 saturated heterocycles. The molecule has 0 radical (unpaired) electrons. The molecule has 0 bridgehead atoms. The van der Waals surface area contributed by atoms with E-state index in [9.17, 15) is 5.11 Å². The Labute approximate surface area is 98.1 Å². The molecule has 1 heterocycles. The van der Waals surface area contributed by atoms with Gasteiger partial charge in [0, 0.05) is 12.0 Å². The van der Waals surface area contributed by atoms with Gasteiger partial charge >= 0.3 is 0 Å². The lowest BCUT2D eigenvalue weighted by Gasteiger charge is -2.43. The van der Waals surface area contributed by atoms with Gasteiger partial charge in [0.15, 0.2) is 0 Å². The van der Waals surface area contributed by atoms with E-state index in [2.05, 4.69) is 11.0 Å². The molecule has 2 rings (SSSR count). The van der Waals surface area contributed by atoms with Crippen LogP contribution in [0.3, 0.4) is 0 Å². The van der Waals surface area contributed by atoms with Gasteiger partial charge in [-0.2, -0.15) is 5.26 Å². The summed E-state index contributed by atoms with van der Waals surface area (Å²) >= 11 is 0. The molecule has 3 unspecified atom stereocenters. The molecule has 0 aromatic heterocycles. The van der Waals surface area contributed by atoms with Crippen molar-refractivity contribution in [3.8, 4) is 6.07 Å². The molecule has 0 spiro atoms. The number of rotatable bonds is 2. The van der Waals surface area contributed by atoms with Crippen LogP contribution < -0.4 is 0 Å². The third kappa shape index (κ3) is 2.23. The lowest BCUT2D eigenvalue weighted by molar-refractivity contribution is -0.0602. The van der Waals surface area contributed by atoms with Gasteiger partial charge in [-0.1, -0.05) is 12.8 Å². The fourth-order valence-electron chi connectivity index (χ4n) is 3.55. The summed E-state index contributed by atoms with van der Waals surface area (Å²) in [6, 6.07) is 2.69. The van der Waals surface area contributed by atoms with Gasteiger partial charge in [0.2, 0.25) is 0 Å². The Morgan fingerprint density at radius 1 is 1.38 bits per heavy atom. The quantitative estimate of drug-likeness (QED) is 0.726. The second kappa shape index (κ2) is 4.73. The highest BCUT2D eigenvalue weighted by atomic mass is 16.3. The fraction of sp³-hybridized carbons (Fsp3) is 0.923. The molecule has 1 aliphatic heterocycles. The molecular formula is C13H22N2O. The third-order valence-electron chi connectivity index (χ3n) is 4.40. The van der Waals surface area contributed by atoms with Crippen LogP contribution in [-0.2, 0) is 0 Å². The number of hydrogen-bond acceptors (Lipinski definition) is 3. The van der Waals surface area contributed by atoms with Crippen molar-refractivity contribution in [2.75, 3.05) is 13.1 Å². The SMILES string of the molecule is CC1(O)CCCCC1C1CCCN1CC#N. The molecule has 0 aromatic carbocycles. The fourth-order valence-corrected chi connectivity index (χ4v) is 3.55. The predicted octanol–water partition coefficient (Wildman–Crippen LogP) is 1.92. The summed E-state index contributed by atoms with van der Waals surface area (Å²) in [5, 5.41) is 19.3. The van der Waals surface area contributed by atoms with E-state index < -0.39 is 5.60 Å². The number of nitrogens with zero attached hydrogens (tertiary/aromatic N) is 2. The summed E-state index contributed by atoms with van der Waals surface area (Å²) in [6.45, 7) is 3.54. The lowest BCUT2D eigenvalue weighted by Crippen LogP contribution is -2.49. The highest BCUT2D eigenvalue weighted by molar-refractivity contribution is 4.98. The summed E-state index contributed by atoms with van der Waals surface area (Å²) in [6.07, 6.45) is 6.77. The highest BCUT2D eigenvalue weighted by Gasteiger charge is 2.42. The molecule has 90 valence electrons. The van der Waals surface area contributed by atoms with E-state index in [4.69, 9.17) is 5.26 Å². The normalized spacial score (nSPS) is 40.8. The molecule has 0 aromatic rings. The maximum atomic E-state index is 10.5. The van der Waals surface area contributed by atoms with Gasteiger partial charge in [-0.15, -0.1) is 0 Å². The van der Waals surface area contributed by atoms with Crippen molar-refractivity contribution >= 4 is 0 Å². The van der Waals surface area contributed by atoms with Crippen molar-refractivity contribution < 1.29 is 5.11 Å². The topological polar surface area (TPSA) is 47.3 Å². The minimum absolute atomic E-state index is 0.372. The molecule has 3 atom stereocenters. The molecule has 3 heteroatoms. The van der Waals surface area contributed by atoms with E-state index in [0.29, 0.717) is 18.5 Å². The first-order valence-corrected chi connectivity index (χ1v) is 6.48. The highest BCUT2D eigenvalue weighted by Crippen LogP contribution is 2.40. The molecular weight excluding hydrogens is 200 g/mol. The van der Waals surface area contributed by atoms with Crippen molar-refractivity contribution in [3.63, 3.8) is 0 Å². The summed E-state index contributed by atoms with van der Waals surface area (Å²) in [4.78, 5) is 2.27. The summed E-state index contributed by atoms with van der Waals surface area (Å²) in [7, 11) is 0. The van der Waals surface area contributed by atoms with Crippen LogP contribution in [-0.4, -0.2) is 34.7 Å². The number of likely N-dealkylation sites (tertiary alicyclic amines) is 1. The maximum Gasteiger partial charge on any atom is 0.0868 e. The zero-order chi connectivity index (χ0) is 11.6. The Morgan fingerprint density at radius 3 is 2.88 bits per heavy atom. The van der Waals surface area contributed by atoms with Crippen LogP contribution in [0, 0.1) is 17.2 Å². The first-order valence-electron chi connectivity index (χ1n) is 6.48. The molecule has 2 fully saturated rings. The van der Waals surface area contributed by atoms with Crippen molar-refractivity contribution in [2.45, 2.75) is 57.1 Å². The largest absolute Gasteiger partial charge is 0.390 e. The van der Waals surface area contributed by atoms with E-state index in [1.807, 2.05) is 6.92 Å². The molecule has 2 aliphatic rings. The second-order valence-corrected chi connectivity index (χ2v) is 5.55. The zero-order valence-corrected chi connectivity index (χ0v) is 10.2. The minimum atomic E-state index is -0.513. The van der Waals surface area contributed by atoms with Crippen LogP contribution in [0.5, 0.6) is 0 Å². The predicted molar refractivity (Wildman–Crippen MR) is 62.8 cm³/mol. The smallest absolute Gasteiger partial charge is 0.0868 e. The van der Waals surface area contributed by atoms with Gasteiger partial charge in [0.1, 0.15) is 0 Å². The first kappa shape index (κ1) is 11.9. The standard InChI is InChI=1S/C13H22N2O/c1-13(16)7-3-2-5-11(13)12-6-4-9-15(12)10-8-14/h11-12,16H,2-7,9-10H2,1H3. The molecule has 0 amide bonds. The first-order chi connectivity index (χ1) is 7.65. The Bertz CT molecular complexity index is 282. The number of hydrogen-bond donors (Lipinski definition) is 1. The van der Waals surface area contributed by atoms with E-state index in [1.165, 1.54) is 12.8 Å². The second-order valence-electron chi connectivity index (χ2n) is 5.55. The third-order valence-corrected chi connectivity index (χ3v) is 4.40. The molecule has 3 nitrogen and oxygen atoms in total. The molecule has 1 aliphatic carbocycles. The Hall–Kier alpha value is -0.590. The lowest BCUT2D eigenvalue weighted by atomic mass is 9.72. The van der Waals surface area contributed by atoms with E-state index in [0.717, 1.165) is 32.2 Å². The van der Waals surface area contributed by atoms with Crippen LogP contribution in [0.4, 0.5) is 0 Å². The summed E-state index contributed by atoms with van der Waals surface area (Å²) in [5.41, 5.74) is -0.513. The van der Waals surface area contributed by atoms with Crippen LogP contribution in [0.25, 0.3) is 0 Å². The van der Waals surface area contributed by atoms with Gasteiger partial charge in [-0.05, 0) is 39.2 Å². The van der Waals surface area contributed by atoms with Gasteiger partial charge in [0.25, 0.3) is 0 Å². The molecule has 1 saturated carbocycles. The van der Waals surface area contributed by atoms with E-state index >= 15 is 0 Å². The average Bonchev–Trinajstić information content (AvgIpc) is 2.66. The van der Waals surface area contributed by atoms with Crippen molar-refractivity contribution in [1.29, 1.82) is 5.26 Å². The van der Waals surface area contributed by atoms with Crippen molar-refractivity contribution in [1.82, 2.24) is 4.90 Å². The minimum Gasteiger partial charge on any atom is -0.390 e. The molecule has 16 heavy (non-hydrogen) atoms. The maximum absolute atomic E-state index is 10.5. The zero-order valence-electron chi connectivity index (χ0n) is 10.2. The van der Waals surface area contributed by atoms with E-state index in [1.54, 1.807) is 0 Å². The molecule has 1 N–H and O–H groups in total. The Balaban J connectivity index is 2.07. The van der Waals surface area contributed by atoms with Gasteiger partial charge < -0.3 is 5.11 Å². The number of nitriles is 1. The van der Waals surface area contributed by atoms with Crippen molar-refractivity contribution in [3.05, 3.63) is 0 Å². The van der Waals surface area contributed by atoms with Crippen LogP contribution >= 0.6 is 0 Å². The Kier molecular flexibility index (Phi) is 3.51. The average molecular weight is 222 g/mol. The van der Waals surface area contributed by atoms with E-state index in [-0.39, 0.29) is 0 Å². The van der Waals surface area contributed by atoms with Crippen LogP contribution in [0.2, 0.25) is 0 Å². The summed E-state index contributed by atoms with van der Waals surface area (Å²) in [5.74, 6) is 0.372. The summed E-state index contributed by atoms with van der Waals surface area (Å²) < 4.78 is 0. The van der Waals surface area contributed by atoms with Gasteiger partial charge in [-0.3, -0.25) is 4.90 Å².